The van der Waals surface area contributed by atoms with Crippen molar-refractivity contribution in [1.29, 1.82) is 0 Å². The van der Waals surface area contributed by atoms with Crippen LogP contribution in [-0.2, 0) is 26.2 Å². The molecule has 117 valence electrons. The number of hydrogen-bond donors (Lipinski definition) is 0. The minimum Gasteiger partial charge on any atom is -1.00 e. The predicted molar refractivity (Wildman–Crippen MR) is 74.3 cm³/mol. The maximum absolute atomic E-state index is 2.99. The van der Waals surface area contributed by atoms with Gasteiger partial charge in [-0.3, -0.25) is 6.08 Å². The average molecular weight is 425 g/mol. The van der Waals surface area contributed by atoms with Crippen molar-refractivity contribution in [3.8, 4) is 0 Å². The zero-order valence-corrected chi connectivity index (χ0v) is 17.1. The van der Waals surface area contributed by atoms with E-state index in [1.54, 1.807) is 0 Å². The van der Waals surface area contributed by atoms with Crippen LogP contribution < -0.4 is 37.2 Å². The zero-order chi connectivity index (χ0) is 12.3. The third kappa shape index (κ3) is 15.0. The fraction of sp³-hybridized carbons (Fsp3) is 0.312. The van der Waals surface area contributed by atoms with Crippen molar-refractivity contribution in [3.05, 3.63) is 66.7 Å². The summed E-state index contributed by atoms with van der Waals surface area (Å²) in [5.41, 5.74) is 1.28. The maximum atomic E-state index is 2.99. The molecule has 1 aromatic carbocycles. The number of nitrogens with zero attached hydrogens (tertiary/aromatic N) is 1. The van der Waals surface area contributed by atoms with E-state index in [4.69, 9.17) is 0 Å². The van der Waals surface area contributed by atoms with Crippen molar-refractivity contribution in [2.45, 2.75) is 20.3 Å². The molecule has 1 radical (unpaired) electrons. The molecular formula is C16H21Cl3NZr-2. The first kappa shape index (κ1) is 29.3. The van der Waals surface area contributed by atoms with Gasteiger partial charge in [0.2, 0.25) is 0 Å². The van der Waals surface area contributed by atoms with Gasteiger partial charge in [0.1, 0.15) is 0 Å². The second-order valence-corrected chi connectivity index (χ2v) is 3.76. The Labute approximate surface area is 167 Å². The Hall–Kier alpha value is 0.283. The summed E-state index contributed by atoms with van der Waals surface area (Å²) in [7, 11) is 0. The fourth-order valence-corrected chi connectivity index (χ4v) is 1.50. The summed E-state index contributed by atoms with van der Waals surface area (Å²) in [5, 5.41) is 0. The molecule has 0 saturated carbocycles. The molecule has 1 aliphatic rings. The summed E-state index contributed by atoms with van der Waals surface area (Å²) in [6.45, 7) is 8.68. The summed E-state index contributed by atoms with van der Waals surface area (Å²) < 4.78 is 0. The molecule has 0 spiro atoms. The van der Waals surface area contributed by atoms with E-state index in [2.05, 4.69) is 61.7 Å². The van der Waals surface area contributed by atoms with Gasteiger partial charge in [-0.2, -0.15) is 23.8 Å². The molecule has 0 N–H and O–H groups in total. The van der Waals surface area contributed by atoms with Crippen LogP contribution in [0.3, 0.4) is 0 Å². The standard InChI is InChI=1S/C11H16N.C5H5.3ClH.Zr/c1-3-12(4-2)10-11-8-6-5-7-9-11;1-2-4-5-3-1;;;;/h5-10H,3-4H2,1-2H3;1-3H,4H2;3*1H;/q2*-1;;;;+3/p-3. The Bertz CT molecular complexity index is 342. The Morgan fingerprint density at radius 2 is 1.62 bits per heavy atom. The van der Waals surface area contributed by atoms with Gasteiger partial charge in [-0.05, 0) is 13.1 Å². The molecule has 0 amide bonds. The van der Waals surface area contributed by atoms with Gasteiger partial charge < -0.3 is 42.1 Å². The molecule has 2 rings (SSSR count). The van der Waals surface area contributed by atoms with E-state index in [-0.39, 0.29) is 63.4 Å². The zero-order valence-electron chi connectivity index (χ0n) is 12.4. The quantitative estimate of drug-likeness (QED) is 0.437. The SMILES string of the molecule is CCN([CH-]c1ccccc1)CC.[C-]1=CC=CC1.[Cl-].[Cl-].[Cl-].[Zr+3]. The minimum absolute atomic E-state index is 0. The van der Waals surface area contributed by atoms with E-state index >= 15 is 0 Å². The van der Waals surface area contributed by atoms with E-state index in [0.29, 0.717) is 0 Å². The van der Waals surface area contributed by atoms with Crippen LogP contribution in [0.25, 0.3) is 0 Å². The first-order valence-corrected chi connectivity index (χ1v) is 6.22. The van der Waals surface area contributed by atoms with Crippen LogP contribution in [0.5, 0.6) is 0 Å². The van der Waals surface area contributed by atoms with Gasteiger partial charge in [0.15, 0.2) is 0 Å². The molecule has 0 fully saturated rings. The first-order valence-electron chi connectivity index (χ1n) is 6.22. The van der Waals surface area contributed by atoms with Gasteiger partial charge in [-0.25, -0.2) is 12.2 Å². The molecule has 0 heterocycles. The number of rotatable bonds is 4. The molecule has 0 aromatic heterocycles. The monoisotopic (exact) mass is 422 g/mol. The van der Waals surface area contributed by atoms with Crippen LogP contribution in [0.1, 0.15) is 25.8 Å². The Morgan fingerprint density at radius 1 is 1.05 bits per heavy atom. The predicted octanol–water partition coefficient (Wildman–Crippen LogP) is -5.15. The van der Waals surface area contributed by atoms with E-state index in [0.717, 1.165) is 19.5 Å². The summed E-state index contributed by atoms with van der Waals surface area (Å²) in [6.07, 6.45) is 10.0. The Balaban J connectivity index is -0.000000140. The number of allylic oxidation sites excluding steroid dienone is 4. The van der Waals surface area contributed by atoms with Gasteiger partial charge in [0.05, 0.1) is 0 Å². The van der Waals surface area contributed by atoms with Gasteiger partial charge in [0, 0.05) is 0 Å². The third-order valence-electron chi connectivity index (χ3n) is 2.53. The number of halogens is 3. The van der Waals surface area contributed by atoms with E-state index in [9.17, 15) is 0 Å². The van der Waals surface area contributed by atoms with Gasteiger partial charge >= 0.3 is 26.2 Å². The largest absolute Gasteiger partial charge is 3.00 e. The van der Waals surface area contributed by atoms with Crippen molar-refractivity contribution >= 4 is 0 Å². The first-order chi connectivity index (χ1) is 8.36. The van der Waals surface area contributed by atoms with Crippen LogP contribution in [0.15, 0.2) is 48.6 Å². The van der Waals surface area contributed by atoms with Crippen molar-refractivity contribution < 1.29 is 63.4 Å². The van der Waals surface area contributed by atoms with Crippen molar-refractivity contribution in [2.75, 3.05) is 13.1 Å². The molecule has 1 aromatic rings. The molecule has 0 bridgehead atoms. The summed E-state index contributed by atoms with van der Waals surface area (Å²) >= 11 is 0. The molecule has 1 nitrogen and oxygen atoms in total. The smallest absolute Gasteiger partial charge is 1.00 e. The normalized spacial score (nSPS) is 10.0. The molecule has 0 aliphatic heterocycles. The van der Waals surface area contributed by atoms with Crippen molar-refractivity contribution in [3.63, 3.8) is 0 Å². The van der Waals surface area contributed by atoms with Crippen molar-refractivity contribution in [1.82, 2.24) is 4.90 Å². The molecule has 5 heteroatoms. The van der Waals surface area contributed by atoms with E-state index < -0.39 is 0 Å². The van der Waals surface area contributed by atoms with Gasteiger partial charge in [-0.15, -0.1) is 25.1 Å². The third-order valence-corrected chi connectivity index (χ3v) is 2.53. The Kier molecular flexibility index (Phi) is 28.3. The topological polar surface area (TPSA) is 3.24 Å². The van der Waals surface area contributed by atoms with Crippen LogP contribution in [0.4, 0.5) is 0 Å². The maximum Gasteiger partial charge on any atom is 3.00 e. The van der Waals surface area contributed by atoms with Crippen LogP contribution in [-0.4, -0.2) is 18.0 Å². The fourth-order valence-electron chi connectivity index (χ4n) is 1.50. The van der Waals surface area contributed by atoms with Crippen LogP contribution in [0.2, 0.25) is 0 Å². The summed E-state index contributed by atoms with van der Waals surface area (Å²) in [5.74, 6) is 0. The molecule has 0 unspecified atom stereocenters. The van der Waals surface area contributed by atoms with E-state index in [1.807, 2.05) is 18.2 Å². The molecule has 21 heavy (non-hydrogen) atoms. The average Bonchev–Trinajstić information content (AvgIpc) is 2.96. The number of benzene rings is 1. The molecular weight excluding hydrogens is 404 g/mol. The van der Waals surface area contributed by atoms with E-state index in [1.165, 1.54) is 5.56 Å². The summed E-state index contributed by atoms with van der Waals surface area (Å²) in [6, 6.07) is 10.4. The molecule has 1 aliphatic carbocycles. The Morgan fingerprint density at radius 3 is 1.95 bits per heavy atom. The number of hydrogen-bond acceptors (Lipinski definition) is 1. The van der Waals surface area contributed by atoms with Crippen molar-refractivity contribution in [2.24, 2.45) is 0 Å². The minimum atomic E-state index is 0. The van der Waals surface area contributed by atoms with Crippen LogP contribution in [0, 0.1) is 12.6 Å². The second kappa shape index (κ2) is 20.3. The van der Waals surface area contributed by atoms with Crippen LogP contribution >= 0.6 is 0 Å². The molecule has 0 atom stereocenters. The molecule has 0 saturated heterocycles. The summed E-state index contributed by atoms with van der Waals surface area (Å²) in [4.78, 5) is 2.29. The van der Waals surface area contributed by atoms with Gasteiger partial charge in [-0.1, -0.05) is 19.9 Å². The second-order valence-electron chi connectivity index (χ2n) is 3.76. The van der Waals surface area contributed by atoms with Gasteiger partial charge in [0.25, 0.3) is 0 Å².